The molecule has 0 aromatic carbocycles. The van der Waals surface area contributed by atoms with E-state index in [2.05, 4.69) is 9.97 Å². The standard InChI is InChI=1S/C5H7N3O.C2H6/c1-3-2-7-5(6)8-4(3)9;1-2/h2H,1H3,(H3,6,7,8,9);1-2H3. The number of H-pyrrole nitrogens is 1. The van der Waals surface area contributed by atoms with Crippen molar-refractivity contribution in [1.29, 1.82) is 0 Å². The van der Waals surface area contributed by atoms with Gasteiger partial charge in [-0.05, 0) is 6.92 Å². The predicted octanol–water partition coefficient (Wildman–Crippen LogP) is 0.687. The van der Waals surface area contributed by atoms with Gasteiger partial charge in [-0.2, -0.15) is 0 Å². The van der Waals surface area contributed by atoms with Crippen LogP contribution in [-0.2, 0) is 0 Å². The minimum absolute atomic E-state index is 0.158. The van der Waals surface area contributed by atoms with Crippen LogP contribution < -0.4 is 11.3 Å². The van der Waals surface area contributed by atoms with Crippen molar-refractivity contribution in [3.8, 4) is 0 Å². The Bertz CT molecular complexity index is 267. The molecule has 0 bridgehead atoms. The van der Waals surface area contributed by atoms with Crippen LogP contribution in [0.1, 0.15) is 19.4 Å². The largest absolute Gasteiger partial charge is 0.369 e. The van der Waals surface area contributed by atoms with E-state index in [9.17, 15) is 4.79 Å². The summed E-state index contributed by atoms with van der Waals surface area (Å²) in [5, 5.41) is 0. The Hall–Kier alpha value is -1.32. The van der Waals surface area contributed by atoms with Gasteiger partial charge in [0.25, 0.3) is 5.56 Å². The summed E-state index contributed by atoms with van der Waals surface area (Å²) in [7, 11) is 0. The van der Waals surface area contributed by atoms with Crippen LogP contribution in [0.25, 0.3) is 0 Å². The molecule has 0 radical (unpaired) electrons. The average Bonchev–Trinajstić information content (AvgIpc) is 2.02. The summed E-state index contributed by atoms with van der Waals surface area (Å²) in [4.78, 5) is 16.7. The molecule has 0 aliphatic carbocycles. The molecule has 0 saturated heterocycles. The Balaban J connectivity index is 0.000000461. The van der Waals surface area contributed by atoms with Crippen molar-refractivity contribution in [3.63, 3.8) is 0 Å². The predicted molar refractivity (Wildman–Crippen MR) is 45.4 cm³/mol. The van der Waals surface area contributed by atoms with Gasteiger partial charge in [0.1, 0.15) is 0 Å². The number of nitrogens with one attached hydrogen (secondary N) is 1. The van der Waals surface area contributed by atoms with E-state index in [-0.39, 0.29) is 11.5 Å². The smallest absolute Gasteiger partial charge is 0.255 e. The van der Waals surface area contributed by atoms with Gasteiger partial charge in [0.15, 0.2) is 5.95 Å². The molecular weight excluding hydrogens is 142 g/mol. The Morgan fingerprint density at radius 2 is 2.09 bits per heavy atom. The second-order valence-corrected chi connectivity index (χ2v) is 1.78. The maximum absolute atomic E-state index is 10.7. The molecular formula is C7H13N3O. The van der Waals surface area contributed by atoms with Gasteiger partial charge in [-0.1, -0.05) is 13.8 Å². The average molecular weight is 155 g/mol. The number of anilines is 1. The summed E-state index contributed by atoms with van der Waals surface area (Å²) in [5.41, 5.74) is 5.56. The minimum Gasteiger partial charge on any atom is -0.369 e. The molecule has 3 N–H and O–H groups in total. The van der Waals surface area contributed by atoms with E-state index >= 15 is 0 Å². The molecule has 1 heterocycles. The lowest BCUT2D eigenvalue weighted by Gasteiger charge is -1.90. The van der Waals surface area contributed by atoms with Crippen molar-refractivity contribution in [2.45, 2.75) is 20.8 Å². The first kappa shape index (κ1) is 9.68. The number of aromatic amines is 1. The second-order valence-electron chi connectivity index (χ2n) is 1.78. The Morgan fingerprint density at radius 1 is 1.55 bits per heavy atom. The molecule has 0 saturated carbocycles. The number of nitrogen functional groups attached to an aromatic ring is 1. The van der Waals surface area contributed by atoms with E-state index in [0.29, 0.717) is 5.56 Å². The number of rotatable bonds is 0. The highest BCUT2D eigenvalue weighted by Gasteiger charge is 1.90. The van der Waals surface area contributed by atoms with E-state index < -0.39 is 0 Å². The third kappa shape index (κ3) is 2.84. The first-order valence-electron chi connectivity index (χ1n) is 3.51. The lowest BCUT2D eigenvalue weighted by atomic mass is 10.4. The number of aromatic nitrogens is 2. The van der Waals surface area contributed by atoms with Gasteiger partial charge in [0.2, 0.25) is 0 Å². The van der Waals surface area contributed by atoms with E-state index in [1.165, 1.54) is 6.20 Å². The van der Waals surface area contributed by atoms with Gasteiger partial charge in [0, 0.05) is 11.8 Å². The summed E-state index contributed by atoms with van der Waals surface area (Å²) < 4.78 is 0. The van der Waals surface area contributed by atoms with Gasteiger partial charge in [-0.25, -0.2) is 4.98 Å². The third-order valence-electron chi connectivity index (χ3n) is 0.997. The van der Waals surface area contributed by atoms with Crippen LogP contribution in [0, 0.1) is 6.92 Å². The number of nitrogens with zero attached hydrogens (tertiary/aromatic N) is 1. The van der Waals surface area contributed by atoms with Crippen molar-refractivity contribution >= 4 is 5.95 Å². The molecule has 0 aliphatic rings. The molecule has 11 heavy (non-hydrogen) atoms. The molecule has 62 valence electrons. The lowest BCUT2D eigenvalue weighted by Crippen LogP contribution is -2.12. The Labute approximate surface area is 65.5 Å². The van der Waals surface area contributed by atoms with Crippen LogP contribution in [0.4, 0.5) is 5.95 Å². The molecule has 4 nitrogen and oxygen atoms in total. The van der Waals surface area contributed by atoms with Crippen molar-refractivity contribution in [2.24, 2.45) is 0 Å². The van der Waals surface area contributed by atoms with Gasteiger partial charge in [-0.15, -0.1) is 0 Å². The Morgan fingerprint density at radius 3 is 2.45 bits per heavy atom. The molecule has 0 spiro atoms. The van der Waals surface area contributed by atoms with Crippen molar-refractivity contribution in [1.82, 2.24) is 9.97 Å². The van der Waals surface area contributed by atoms with E-state index in [0.717, 1.165) is 0 Å². The summed E-state index contributed by atoms with van der Waals surface area (Å²) in [6, 6.07) is 0. The normalized spacial score (nSPS) is 8.27. The van der Waals surface area contributed by atoms with Crippen LogP contribution in [0.2, 0.25) is 0 Å². The maximum atomic E-state index is 10.7. The summed E-state index contributed by atoms with van der Waals surface area (Å²) >= 11 is 0. The summed E-state index contributed by atoms with van der Waals surface area (Å²) in [6.07, 6.45) is 1.44. The molecule has 1 aromatic rings. The molecule has 0 atom stereocenters. The third-order valence-corrected chi connectivity index (χ3v) is 0.997. The SMILES string of the molecule is CC.Cc1cnc(N)[nH]c1=O. The number of hydrogen-bond donors (Lipinski definition) is 2. The zero-order valence-electron chi connectivity index (χ0n) is 7.01. The quantitative estimate of drug-likeness (QED) is 0.579. The monoisotopic (exact) mass is 155 g/mol. The highest BCUT2D eigenvalue weighted by atomic mass is 16.1. The second kappa shape index (κ2) is 4.49. The highest BCUT2D eigenvalue weighted by molar-refractivity contribution is 5.16. The van der Waals surface area contributed by atoms with E-state index in [1.807, 2.05) is 13.8 Å². The van der Waals surface area contributed by atoms with Crippen molar-refractivity contribution in [3.05, 3.63) is 22.1 Å². The first-order chi connectivity index (χ1) is 5.20. The minimum atomic E-state index is -0.178. The molecule has 0 fully saturated rings. The van der Waals surface area contributed by atoms with Crippen LogP contribution in [-0.4, -0.2) is 9.97 Å². The zero-order chi connectivity index (χ0) is 8.85. The molecule has 4 heteroatoms. The van der Waals surface area contributed by atoms with Crippen LogP contribution in [0.3, 0.4) is 0 Å². The van der Waals surface area contributed by atoms with Crippen molar-refractivity contribution in [2.75, 3.05) is 5.73 Å². The zero-order valence-corrected chi connectivity index (χ0v) is 7.01. The maximum Gasteiger partial charge on any atom is 0.255 e. The van der Waals surface area contributed by atoms with Gasteiger partial charge in [-0.3, -0.25) is 9.78 Å². The van der Waals surface area contributed by atoms with Crippen LogP contribution in [0.5, 0.6) is 0 Å². The number of nitrogens with two attached hydrogens (primary N) is 1. The van der Waals surface area contributed by atoms with E-state index in [4.69, 9.17) is 5.73 Å². The van der Waals surface area contributed by atoms with Gasteiger partial charge in [0.05, 0.1) is 0 Å². The summed E-state index contributed by atoms with van der Waals surface area (Å²) in [6.45, 7) is 5.67. The Kier molecular flexibility index (Phi) is 3.95. The molecule has 1 rings (SSSR count). The van der Waals surface area contributed by atoms with Crippen LogP contribution >= 0.6 is 0 Å². The lowest BCUT2D eigenvalue weighted by molar-refractivity contribution is 1.09. The van der Waals surface area contributed by atoms with Crippen LogP contribution in [0.15, 0.2) is 11.0 Å². The van der Waals surface area contributed by atoms with Crippen molar-refractivity contribution < 1.29 is 0 Å². The van der Waals surface area contributed by atoms with Gasteiger partial charge >= 0.3 is 0 Å². The first-order valence-corrected chi connectivity index (χ1v) is 3.51. The van der Waals surface area contributed by atoms with E-state index in [1.54, 1.807) is 6.92 Å². The number of hydrogen-bond acceptors (Lipinski definition) is 3. The summed E-state index contributed by atoms with van der Waals surface area (Å²) in [5.74, 6) is 0.158. The molecule has 1 aromatic heterocycles. The fourth-order valence-electron chi connectivity index (χ4n) is 0.472. The fourth-order valence-corrected chi connectivity index (χ4v) is 0.472. The highest BCUT2D eigenvalue weighted by Crippen LogP contribution is 1.84. The number of aryl methyl sites for hydroxylation is 1. The topological polar surface area (TPSA) is 71.8 Å². The fraction of sp³-hybridized carbons (Fsp3) is 0.429. The molecule has 0 amide bonds. The molecule has 0 unspecified atom stereocenters. The van der Waals surface area contributed by atoms with Gasteiger partial charge < -0.3 is 5.73 Å². The molecule has 0 aliphatic heterocycles.